The van der Waals surface area contributed by atoms with Gasteiger partial charge < -0.3 is 15.5 Å². The third-order valence-corrected chi connectivity index (χ3v) is 4.74. The van der Waals surface area contributed by atoms with E-state index < -0.39 is 0 Å². The second-order valence-electron chi connectivity index (χ2n) is 6.28. The summed E-state index contributed by atoms with van der Waals surface area (Å²) in [6.45, 7) is 3.36. The molecule has 1 aliphatic heterocycles. The minimum atomic E-state index is -0.110. The van der Waals surface area contributed by atoms with Gasteiger partial charge in [-0.05, 0) is 45.7 Å². The highest BCUT2D eigenvalue weighted by atomic mass is 35.5. The van der Waals surface area contributed by atoms with Gasteiger partial charge in [-0.25, -0.2) is 0 Å². The molecule has 6 heteroatoms. The van der Waals surface area contributed by atoms with Gasteiger partial charge in [-0.3, -0.25) is 9.59 Å². The number of halogens is 1. The number of carbonyl (C=O) groups is 2. The van der Waals surface area contributed by atoms with E-state index in [0.717, 1.165) is 64.6 Å². The second-order valence-corrected chi connectivity index (χ2v) is 6.28. The predicted molar refractivity (Wildman–Crippen MR) is 90.1 cm³/mol. The van der Waals surface area contributed by atoms with Crippen LogP contribution in [0, 0.1) is 11.8 Å². The highest BCUT2D eigenvalue weighted by Gasteiger charge is 2.38. The lowest BCUT2D eigenvalue weighted by molar-refractivity contribution is -0.142. The summed E-state index contributed by atoms with van der Waals surface area (Å²) in [5.41, 5.74) is 0. The quantitative estimate of drug-likeness (QED) is 0.726. The van der Waals surface area contributed by atoms with Crippen LogP contribution in [0.1, 0.15) is 44.9 Å². The molecule has 2 aliphatic rings. The average Bonchev–Trinajstić information content (AvgIpc) is 3.05. The number of nitrogens with one attached hydrogen (secondary N) is 2. The van der Waals surface area contributed by atoms with Crippen LogP contribution in [0.3, 0.4) is 0 Å². The third kappa shape index (κ3) is 5.13. The maximum atomic E-state index is 12.6. The van der Waals surface area contributed by atoms with Crippen LogP contribution in [-0.2, 0) is 9.59 Å². The molecule has 1 saturated carbocycles. The molecule has 0 bridgehead atoms. The number of likely N-dealkylation sites (tertiary alicyclic amines) is 1. The minimum absolute atomic E-state index is 0. The van der Waals surface area contributed by atoms with Gasteiger partial charge in [0, 0.05) is 31.5 Å². The van der Waals surface area contributed by atoms with Crippen molar-refractivity contribution in [3.8, 4) is 0 Å². The van der Waals surface area contributed by atoms with E-state index in [1.807, 2.05) is 11.9 Å². The smallest absolute Gasteiger partial charge is 0.226 e. The Morgan fingerprint density at radius 2 is 1.64 bits per heavy atom. The predicted octanol–water partition coefficient (Wildman–Crippen LogP) is 1.56. The largest absolute Gasteiger partial charge is 0.356 e. The van der Waals surface area contributed by atoms with Crippen LogP contribution in [-0.4, -0.2) is 49.9 Å². The summed E-state index contributed by atoms with van der Waals surface area (Å²) in [6.07, 6.45) is 7.04. The molecule has 2 amide bonds. The SMILES string of the molecule is CNCCCNC(=O)C1CCCCC1C(=O)N1CCCC1.Cl. The number of carbonyl (C=O) groups excluding carboxylic acids is 2. The van der Waals surface area contributed by atoms with E-state index in [1.54, 1.807) is 0 Å². The second kappa shape index (κ2) is 10.1. The molecule has 1 aliphatic carbocycles. The van der Waals surface area contributed by atoms with Crippen molar-refractivity contribution in [2.75, 3.05) is 33.2 Å². The molecule has 0 aromatic carbocycles. The zero-order chi connectivity index (χ0) is 15.1. The molecule has 0 aromatic heterocycles. The lowest BCUT2D eigenvalue weighted by Crippen LogP contribution is -2.45. The van der Waals surface area contributed by atoms with Crippen molar-refractivity contribution in [3.05, 3.63) is 0 Å². The first-order valence-electron chi connectivity index (χ1n) is 8.45. The molecule has 2 fully saturated rings. The molecule has 2 atom stereocenters. The van der Waals surface area contributed by atoms with Gasteiger partial charge in [-0.15, -0.1) is 12.4 Å². The number of rotatable bonds is 6. The normalized spacial score (nSPS) is 24.7. The Bertz CT molecular complexity index is 359. The van der Waals surface area contributed by atoms with Gasteiger partial charge in [0.25, 0.3) is 0 Å². The monoisotopic (exact) mass is 331 g/mol. The molecule has 0 spiro atoms. The van der Waals surface area contributed by atoms with Gasteiger partial charge in [0.15, 0.2) is 0 Å². The first-order chi connectivity index (χ1) is 10.2. The Hall–Kier alpha value is -0.810. The van der Waals surface area contributed by atoms with E-state index >= 15 is 0 Å². The van der Waals surface area contributed by atoms with Crippen molar-refractivity contribution < 1.29 is 9.59 Å². The van der Waals surface area contributed by atoms with Crippen molar-refractivity contribution in [2.24, 2.45) is 11.8 Å². The molecule has 128 valence electrons. The topological polar surface area (TPSA) is 61.4 Å². The zero-order valence-electron chi connectivity index (χ0n) is 13.6. The first kappa shape index (κ1) is 19.2. The van der Waals surface area contributed by atoms with Crippen molar-refractivity contribution in [3.63, 3.8) is 0 Å². The number of hydrogen-bond donors (Lipinski definition) is 2. The van der Waals surface area contributed by atoms with Gasteiger partial charge in [0.1, 0.15) is 0 Å². The highest BCUT2D eigenvalue weighted by Crippen LogP contribution is 2.32. The average molecular weight is 332 g/mol. The molecular weight excluding hydrogens is 302 g/mol. The Kier molecular flexibility index (Phi) is 8.79. The summed E-state index contributed by atoms with van der Waals surface area (Å²) in [7, 11) is 1.91. The van der Waals surface area contributed by atoms with E-state index in [1.165, 1.54) is 0 Å². The number of amides is 2. The highest BCUT2D eigenvalue weighted by molar-refractivity contribution is 5.88. The van der Waals surface area contributed by atoms with Crippen LogP contribution in [0.25, 0.3) is 0 Å². The Morgan fingerprint density at radius 1 is 1.00 bits per heavy atom. The molecule has 0 aromatic rings. The summed E-state index contributed by atoms with van der Waals surface area (Å²) in [4.78, 5) is 27.0. The molecule has 5 nitrogen and oxygen atoms in total. The molecule has 0 radical (unpaired) electrons. The number of nitrogens with zero attached hydrogens (tertiary/aromatic N) is 1. The fraction of sp³-hybridized carbons (Fsp3) is 0.875. The van der Waals surface area contributed by atoms with E-state index in [2.05, 4.69) is 10.6 Å². The molecular formula is C16H30ClN3O2. The van der Waals surface area contributed by atoms with Crippen LogP contribution < -0.4 is 10.6 Å². The maximum Gasteiger partial charge on any atom is 0.226 e. The number of hydrogen-bond acceptors (Lipinski definition) is 3. The van der Waals surface area contributed by atoms with Gasteiger partial charge in [-0.1, -0.05) is 12.8 Å². The van der Waals surface area contributed by atoms with E-state index in [0.29, 0.717) is 6.54 Å². The molecule has 1 saturated heterocycles. The van der Waals surface area contributed by atoms with Crippen LogP contribution in [0.2, 0.25) is 0 Å². The molecule has 22 heavy (non-hydrogen) atoms. The van der Waals surface area contributed by atoms with Gasteiger partial charge in [-0.2, -0.15) is 0 Å². The Morgan fingerprint density at radius 3 is 2.27 bits per heavy atom. The van der Waals surface area contributed by atoms with Crippen LogP contribution in [0.4, 0.5) is 0 Å². The van der Waals surface area contributed by atoms with E-state index in [9.17, 15) is 9.59 Å². The zero-order valence-corrected chi connectivity index (χ0v) is 14.4. The minimum Gasteiger partial charge on any atom is -0.356 e. The molecule has 1 heterocycles. The fourth-order valence-corrected chi connectivity index (χ4v) is 3.52. The summed E-state index contributed by atoms with van der Waals surface area (Å²) < 4.78 is 0. The fourth-order valence-electron chi connectivity index (χ4n) is 3.52. The van der Waals surface area contributed by atoms with Crippen molar-refractivity contribution >= 4 is 24.2 Å². The Balaban J connectivity index is 0.00000242. The first-order valence-corrected chi connectivity index (χ1v) is 8.45. The van der Waals surface area contributed by atoms with Crippen molar-refractivity contribution in [1.82, 2.24) is 15.5 Å². The summed E-state index contributed by atoms with van der Waals surface area (Å²) >= 11 is 0. The van der Waals surface area contributed by atoms with Gasteiger partial charge >= 0.3 is 0 Å². The van der Waals surface area contributed by atoms with Gasteiger partial charge in [0.2, 0.25) is 11.8 Å². The summed E-state index contributed by atoms with van der Waals surface area (Å²) in [5.74, 6) is 0.119. The van der Waals surface area contributed by atoms with Gasteiger partial charge in [0.05, 0.1) is 0 Å². The molecule has 2 rings (SSSR count). The maximum absolute atomic E-state index is 12.6. The van der Waals surface area contributed by atoms with Crippen molar-refractivity contribution in [2.45, 2.75) is 44.9 Å². The molecule has 2 N–H and O–H groups in total. The summed E-state index contributed by atoms with van der Waals surface area (Å²) in [5, 5.41) is 6.09. The van der Waals surface area contributed by atoms with E-state index in [-0.39, 0.29) is 36.1 Å². The van der Waals surface area contributed by atoms with Crippen molar-refractivity contribution in [1.29, 1.82) is 0 Å². The lowest BCUT2D eigenvalue weighted by atomic mass is 9.78. The standard InChI is InChI=1S/C16H29N3O2.ClH/c1-17-9-6-10-18-15(20)13-7-2-3-8-14(13)16(21)19-11-4-5-12-19;/h13-14,17H,2-12H2,1H3,(H,18,20);1H. The Labute approximate surface area is 140 Å². The molecule has 2 unspecified atom stereocenters. The lowest BCUT2D eigenvalue weighted by Gasteiger charge is -2.32. The summed E-state index contributed by atoms with van der Waals surface area (Å²) in [6, 6.07) is 0. The van der Waals surface area contributed by atoms with Crippen LogP contribution >= 0.6 is 12.4 Å². The van der Waals surface area contributed by atoms with E-state index in [4.69, 9.17) is 0 Å². The third-order valence-electron chi connectivity index (χ3n) is 4.74. The van der Waals surface area contributed by atoms with Crippen LogP contribution in [0.5, 0.6) is 0 Å². The van der Waals surface area contributed by atoms with Crippen LogP contribution in [0.15, 0.2) is 0 Å².